The Bertz CT molecular complexity index is 795. The first-order chi connectivity index (χ1) is 11.8. The molecule has 0 saturated heterocycles. The van der Waals surface area contributed by atoms with Gasteiger partial charge in [-0.3, -0.25) is 10.1 Å². The van der Waals surface area contributed by atoms with Gasteiger partial charge < -0.3 is 14.6 Å². The molecule has 0 aliphatic carbocycles. The highest BCUT2D eigenvalue weighted by molar-refractivity contribution is 6.05. The quantitative estimate of drug-likeness (QED) is 0.815. The van der Waals surface area contributed by atoms with Crippen LogP contribution in [0.5, 0.6) is 0 Å². The van der Waals surface area contributed by atoms with Crippen molar-refractivity contribution in [2.75, 3.05) is 0 Å². The van der Waals surface area contributed by atoms with E-state index in [1.54, 1.807) is 20.0 Å². The topological polar surface area (TPSA) is 89.4 Å². The van der Waals surface area contributed by atoms with Crippen molar-refractivity contribution in [3.8, 4) is 0 Å². The summed E-state index contributed by atoms with van der Waals surface area (Å²) >= 11 is 0. The molecule has 2 aromatic rings. The lowest BCUT2D eigenvalue weighted by Gasteiger charge is -2.14. The van der Waals surface area contributed by atoms with Gasteiger partial charge in [-0.1, -0.05) is 18.2 Å². The molecular formula is C18H23N3O4. The van der Waals surface area contributed by atoms with E-state index in [0.717, 1.165) is 10.9 Å². The lowest BCUT2D eigenvalue weighted by atomic mass is 10.2. The summed E-state index contributed by atoms with van der Waals surface area (Å²) in [4.78, 5) is 36.0. The van der Waals surface area contributed by atoms with Gasteiger partial charge in [0.25, 0.3) is 5.91 Å². The van der Waals surface area contributed by atoms with Crippen LogP contribution in [0.3, 0.4) is 0 Å². The molecule has 1 atom stereocenters. The number of para-hydroxylation sites is 1. The molecule has 1 unspecified atom stereocenters. The zero-order chi connectivity index (χ0) is 18.6. The number of hydrogen-bond donors (Lipinski definition) is 2. The maximum atomic E-state index is 12.5. The molecule has 7 nitrogen and oxygen atoms in total. The molecule has 25 heavy (non-hydrogen) atoms. The lowest BCUT2D eigenvalue weighted by molar-refractivity contribution is -0.127. The Morgan fingerprint density at radius 2 is 1.84 bits per heavy atom. The highest BCUT2D eigenvalue weighted by atomic mass is 16.5. The number of rotatable bonds is 5. The summed E-state index contributed by atoms with van der Waals surface area (Å²) in [5, 5.41) is 5.45. The Kier molecular flexibility index (Phi) is 5.80. The van der Waals surface area contributed by atoms with E-state index in [1.807, 2.05) is 35.8 Å². The Balaban J connectivity index is 2.09. The SMILES string of the molecule is CCn1cc(C(=O)OC(C)C(=O)NC(=O)NC(C)C)c2ccccc21. The van der Waals surface area contributed by atoms with E-state index >= 15 is 0 Å². The third-order valence-electron chi connectivity index (χ3n) is 3.66. The van der Waals surface area contributed by atoms with Gasteiger partial charge >= 0.3 is 12.0 Å². The van der Waals surface area contributed by atoms with Crippen LogP contribution < -0.4 is 10.6 Å². The molecule has 1 heterocycles. The van der Waals surface area contributed by atoms with Gasteiger partial charge in [0, 0.05) is 29.7 Å². The standard InChI is InChI=1S/C18H23N3O4/c1-5-21-10-14(13-8-6-7-9-15(13)21)17(23)25-12(4)16(22)20-18(24)19-11(2)3/h6-12H,5H2,1-4H3,(H2,19,20,22,24). The van der Waals surface area contributed by atoms with E-state index in [9.17, 15) is 14.4 Å². The van der Waals surface area contributed by atoms with Crippen LogP contribution >= 0.6 is 0 Å². The maximum absolute atomic E-state index is 12.5. The summed E-state index contributed by atoms with van der Waals surface area (Å²) in [6.45, 7) is 7.66. The molecule has 3 amide bonds. The number of aryl methyl sites for hydroxylation is 1. The normalized spacial score (nSPS) is 12.0. The van der Waals surface area contributed by atoms with Crippen molar-refractivity contribution in [3.63, 3.8) is 0 Å². The van der Waals surface area contributed by atoms with Crippen LogP contribution in [0.1, 0.15) is 38.1 Å². The second-order valence-electron chi connectivity index (χ2n) is 6.01. The molecular weight excluding hydrogens is 322 g/mol. The highest BCUT2D eigenvalue weighted by Gasteiger charge is 2.23. The molecule has 0 aliphatic rings. The number of hydrogen-bond acceptors (Lipinski definition) is 4. The maximum Gasteiger partial charge on any atom is 0.341 e. The average Bonchev–Trinajstić information content (AvgIpc) is 2.92. The van der Waals surface area contributed by atoms with Crippen LogP contribution in [0, 0.1) is 0 Å². The lowest BCUT2D eigenvalue weighted by Crippen LogP contribution is -2.46. The first-order valence-electron chi connectivity index (χ1n) is 8.23. The van der Waals surface area contributed by atoms with E-state index in [0.29, 0.717) is 12.1 Å². The Labute approximate surface area is 146 Å². The summed E-state index contributed by atoms with van der Waals surface area (Å²) in [7, 11) is 0. The summed E-state index contributed by atoms with van der Waals surface area (Å²) in [6.07, 6.45) is 0.623. The van der Waals surface area contributed by atoms with Crippen molar-refractivity contribution in [3.05, 3.63) is 36.0 Å². The van der Waals surface area contributed by atoms with Gasteiger partial charge in [0.1, 0.15) is 0 Å². The fourth-order valence-electron chi connectivity index (χ4n) is 2.46. The van der Waals surface area contributed by atoms with Crippen LogP contribution in [0.25, 0.3) is 10.9 Å². The number of aromatic nitrogens is 1. The number of benzene rings is 1. The van der Waals surface area contributed by atoms with Crippen molar-refractivity contribution in [1.82, 2.24) is 15.2 Å². The number of fused-ring (bicyclic) bond motifs is 1. The minimum atomic E-state index is -1.09. The molecule has 134 valence electrons. The van der Waals surface area contributed by atoms with Crippen molar-refractivity contribution < 1.29 is 19.1 Å². The van der Waals surface area contributed by atoms with E-state index in [1.165, 1.54) is 6.92 Å². The van der Waals surface area contributed by atoms with Crippen LogP contribution in [-0.2, 0) is 16.1 Å². The minimum Gasteiger partial charge on any atom is -0.449 e. The molecule has 0 aliphatic heterocycles. The molecule has 0 radical (unpaired) electrons. The van der Waals surface area contributed by atoms with Crippen LogP contribution in [0.15, 0.2) is 30.5 Å². The van der Waals surface area contributed by atoms with Gasteiger partial charge in [-0.15, -0.1) is 0 Å². The zero-order valence-electron chi connectivity index (χ0n) is 14.8. The number of urea groups is 1. The monoisotopic (exact) mass is 345 g/mol. The van der Waals surface area contributed by atoms with E-state index in [4.69, 9.17) is 4.74 Å². The average molecular weight is 345 g/mol. The molecule has 2 rings (SSSR count). The second-order valence-corrected chi connectivity index (χ2v) is 6.01. The molecule has 0 saturated carbocycles. The number of amides is 3. The number of ether oxygens (including phenoxy) is 1. The van der Waals surface area contributed by atoms with E-state index in [2.05, 4.69) is 10.6 Å². The molecule has 1 aromatic carbocycles. The first-order valence-corrected chi connectivity index (χ1v) is 8.23. The predicted molar refractivity (Wildman–Crippen MR) is 94.3 cm³/mol. The number of nitrogens with one attached hydrogen (secondary N) is 2. The van der Waals surface area contributed by atoms with Crippen molar-refractivity contribution >= 4 is 28.8 Å². The molecule has 0 fully saturated rings. The van der Waals surface area contributed by atoms with Gasteiger partial charge in [-0.2, -0.15) is 0 Å². The van der Waals surface area contributed by atoms with E-state index < -0.39 is 24.0 Å². The van der Waals surface area contributed by atoms with Gasteiger partial charge in [0.2, 0.25) is 0 Å². The molecule has 7 heteroatoms. The smallest absolute Gasteiger partial charge is 0.341 e. The number of carbonyl (C=O) groups excluding carboxylic acids is 3. The largest absolute Gasteiger partial charge is 0.449 e. The van der Waals surface area contributed by atoms with Crippen LogP contribution in [0.2, 0.25) is 0 Å². The number of carbonyl (C=O) groups is 3. The summed E-state index contributed by atoms with van der Waals surface area (Å²) in [5.41, 5.74) is 1.31. The van der Waals surface area contributed by atoms with Crippen LogP contribution in [0.4, 0.5) is 4.79 Å². The van der Waals surface area contributed by atoms with Crippen LogP contribution in [-0.4, -0.2) is 34.6 Å². The highest BCUT2D eigenvalue weighted by Crippen LogP contribution is 2.22. The van der Waals surface area contributed by atoms with Gasteiger partial charge in [0.05, 0.1) is 5.56 Å². The molecule has 0 spiro atoms. The molecule has 0 bridgehead atoms. The summed E-state index contributed by atoms with van der Waals surface area (Å²) in [6, 6.07) is 6.76. The predicted octanol–water partition coefficient (Wildman–Crippen LogP) is 2.44. The summed E-state index contributed by atoms with van der Waals surface area (Å²) < 4.78 is 7.16. The zero-order valence-corrected chi connectivity index (χ0v) is 14.8. The fraction of sp³-hybridized carbons (Fsp3) is 0.389. The Hall–Kier alpha value is -2.83. The third kappa shape index (κ3) is 4.37. The Morgan fingerprint density at radius 3 is 2.48 bits per heavy atom. The van der Waals surface area contributed by atoms with Crippen molar-refractivity contribution in [2.45, 2.75) is 46.4 Å². The second kappa shape index (κ2) is 7.83. The van der Waals surface area contributed by atoms with Gasteiger partial charge in [0.15, 0.2) is 6.10 Å². The number of imide groups is 1. The molecule has 1 aromatic heterocycles. The van der Waals surface area contributed by atoms with E-state index in [-0.39, 0.29) is 6.04 Å². The fourth-order valence-corrected chi connectivity index (χ4v) is 2.46. The third-order valence-corrected chi connectivity index (χ3v) is 3.66. The Morgan fingerprint density at radius 1 is 1.16 bits per heavy atom. The number of esters is 1. The summed E-state index contributed by atoms with van der Waals surface area (Å²) in [5.74, 6) is -1.28. The first kappa shape index (κ1) is 18.5. The van der Waals surface area contributed by atoms with Crippen molar-refractivity contribution in [1.29, 1.82) is 0 Å². The number of nitrogens with zero attached hydrogens (tertiary/aromatic N) is 1. The minimum absolute atomic E-state index is 0.106. The van der Waals surface area contributed by atoms with Gasteiger partial charge in [-0.05, 0) is 33.8 Å². The van der Waals surface area contributed by atoms with Gasteiger partial charge in [-0.25, -0.2) is 9.59 Å². The van der Waals surface area contributed by atoms with Crippen molar-refractivity contribution in [2.24, 2.45) is 0 Å². The molecule has 2 N–H and O–H groups in total.